The predicted molar refractivity (Wildman–Crippen MR) is 225 cm³/mol. The number of para-hydroxylation sites is 1. The number of hydrogen-bond acceptors (Lipinski definition) is 3. The van der Waals surface area contributed by atoms with Crippen molar-refractivity contribution in [3.63, 3.8) is 0 Å². The lowest BCUT2D eigenvalue weighted by atomic mass is 9.70. The SMILES string of the molecule is CC(C)c1cc(C(C)C)c(-c2cnc3c(ccc4cc5cc(C6CCC(C)(C)CC6)c6cn7c(nc6c5cc43)c(O)c3ccccc37)c2)c(C(C)C)c1. The maximum Gasteiger partial charge on any atom is 0.181 e. The van der Waals surface area contributed by atoms with Crippen LogP contribution in [-0.4, -0.2) is 19.5 Å². The molecule has 8 aromatic rings. The van der Waals surface area contributed by atoms with E-state index in [-0.39, 0.29) is 5.75 Å². The minimum absolute atomic E-state index is 0.240. The zero-order valence-corrected chi connectivity index (χ0v) is 32.5. The second-order valence-electron chi connectivity index (χ2n) is 17.7. The van der Waals surface area contributed by atoms with E-state index in [1.165, 1.54) is 75.2 Å². The van der Waals surface area contributed by atoms with Crippen LogP contribution < -0.4 is 0 Å². The van der Waals surface area contributed by atoms with Crippen molar-refractivity contribution < 1.29 is 5.11 Å². The molecule has 0 aliphatic heterocycles. The Morgan fingerprint density at radius 1 is 0.698 bits per heavy atom. The van der Waals surface area contributed by atoms with Crippen LogP contribution in [0.2, 0.25) is 0 Å². The van der Waals surface area contributed by atoms with E-state index >= 15 is 0 Å². The van der Waals surface area contributed by atoms with Crippen LogP contribution in [0.1, 0.15) is 127 Å². The molecule has 3 heterocycles. The Morgan fingerprint density at radius 2 is 1.38 bits per heavy atom. The predicted octanol–water partition coefficient (Wildman–Crippen LogP) is 13.9. The van der Waals surface area contributed by atoms with Gasteiger partial charge in [-0.1, -0.05) is 97.9 Å². The molecule has 53 heavy (non-hydrogen) atoms. The molecule has 0 spiro atoms. The quantitative estimate of drug-likeness (QED) is 0.144. The van der Waals surface area contributed by atoms with Gasteiger partial charge in [0, 0.05) is 44.9 Å². The molecule has 0 amide bonds. The fourth-order valence-electron chi connectivity index (χ4n) is 9.28. The van der Waals surface area contributed by atoms with Crippen LogP contribution in [0.15, 0.2) is 85.2 Å². The number of aromatic hydroxyl groups is 1. The van der Waals surface area contributed by atoms with Gasteiger partial charge in [-0.3, -0.25) is 9.38 Å². The highest BCUT2D eigenvalue weighted by atomic mass is 16.3. The van der Waals surface area contributed by atoms with Crippen molar-refractivity contribution in [3.05, 3.63) is 107 Å². The summed E-state index contributed by atoms with van der Waals surface area (Å²) in [5.74, 6) is 1.98. The maximum atomic E-state index is 11.4. The summed E-state index contributed by atoms with van der Waals surface area (Å²) in [6, 6.07) is 26.9. The van der Waals surface area contributed by atoms with E-state index < -0.39 is 0 Å². The van der Waals surface area contributed by atoms with Gasteiger partial charge in [-0.2, -0.15) is 0 Å². The highest BCUT2D eigenvalue weighted by molar-refractivity contribution is 6.17. The van der Waals surface area contributed by atoms with Gasteiger partial charge in [0.15, 0.2) is 11.4 Å². The number of pyridine rings is 1. The molecular weight excluding hydrogens is 647 g/mol. The van der Waals surface area contributed by atoms with Crippen LogP contribution >= 0.6 is 0 Å². The first-order valence-electron chi connectivity index (χ1n) is 19.8. The first-order valence-corrected chi connectivity index (χ1v) is 19.8. The zero-order chi connectivity index (χ0) is 36.9. The van der Waals surface area contributed by atoms with Crippen molar-refractivity contribution in [1.29, 1.82) is 0 Å². The minimum atomic E-state index is 0.240. The third-order valence-electron chi connectivity index (χ3n) is 12.5. The van der Waals surface area contributed by atoms with Crippen molar-refractivity contribution in [2.75, 3.05) is 0 Å². The molecule has 5 aromatic carbocycles. The number of fused-ring (bicyclic) bond motifs is 9. The summed E-state index contributed by atoms with van der Waals surface area (Å²) < 4.78 is 2.10. The Labute approximate surface area is 312 Å². The number of hydrogen-bond donors (Lipinski definition) is 1. The van der Waals surface area contributed by atoms with Gasteiger partial charge in [-0.05, 0) is 124 Å². The molecule has 0 saturated heterocycles. The standard InChI is InChI=1S/C49H51N3O/c1-27(2)33-21-37(28(3)4)44(38(22-33)29(5)6)35-20-32-14-13-31-19-34-23-39(30-15-17-49(7,8)18-16-30)42-26-52-43-12-10-9-11-36(43)47(53)48(52)51-46(42)41(34)24-40(31)45(32)50-25-35/h9-14,19-30,53H,15-18H2,1-8H3. The molecule has 4 heteroatoms. The fraction of sp³-hybridized carbons (Fsp3) is 0.347. The molecule has 0 atom stereocenters. The highest BCUT2D eigenvalue weighted by Gasteiger charge is 2.30. The molecule has 4 nitrogen and oxygen atoms in total. The largest absolute Gasteiger partial charge is 0.504 e. The van der Waals surface area contributed by atoms with E-state index in [0.717, 1.165) is 38.1 Å². The number of rotatable bonds is 5. The second kappa shape index (κ2) is 12.3. The number of benzene rings is 5. The van der Waals surface area contributed by atoms with Crippen molar-refractivity contribution in [3.8, 4) is 16.9 Å². The monoisotopic (exact) mass is 697 g/mol. The summed E-state index contributed by atoms with van der Waals surface area (Å²) in [4.78, 5) is 10.6. The Morgan fingerprint density at radius 3 is 2.08 bits per heavy atom. The van der Waals surface area contributed by atoms with Crippen molar-refractivity contribution in [2.45, 2.75) is 105 Å². The Kier molecular flexibility index (Phi) is 7.85. The molecule has 1 fully saturated rings. The minimum Gasteiger partial charge on any atom is -0.504 e. The van der Waals surface area contributed by atoms with E-state index in [2.05, 4.69) is 127 Å². The fourth-order valence-corrected chi connectivity index (χ4v) is 9.28. The average molecular weight is 698 g/mol. The third kappa shape index (κ3) is 5.47. The maximum absolute atomic E-state index is 11.4. The molecule has 268 valence electrons. The molecule has 1 aliphatic rings. The first kappa shape index (κ1) is 33.8. The second-order valence-corrected chi connectivity index (χ2v) is 17.7. The Hall–Kier alpha value is -4.96. The van der Waals surface area contributed by atoms with Crippen LogP contribution in [0.25, 0.3) is 71.0 Å². The van der Waals surface area contributed by atoms with Crippen molar-refractivity contribution >= 4 is 59.9 Å². The lowest BCUT2D eigenvalue weighted by Crippen LogP contribution is -2.20. The Bertz CT molecular complexity index is 2730. The van der Waals surface area contributed by atoms with Gasteiger partial charge in [0.1, 0.15) is 0 Å². The third-order valence-corrected chi connectivity index (χ3v) is 12.5. The van der Waals surface area contributed by atoms with Crippen LogP contribution in [0.3, 0.4) is 0 Å². The van der Waals surface area contributed by atoms with Crippen LogP contribution in [-0.2, 0) is 0 Å². The van der Waals surface area contributed by atoms with Gasteiger partial charge < -0.3 is 5.11 Å². The van der Waals surface area contributed by atoms with E-state index in [1.54, 1.807) is 0 Å². The van der Waals surface area contributed by atoms with Gasteiger partial charge in [0.05, 0.1) is 16.6 Å². The smallest absolute Gasteiger partial charge is 0.181 e. The van der Waals surface area contributed by atoms with Gasteiger partial charge >= 0.3 is 0 Å². The van der Waals surface area contributed by atoms with E-state index in [9.17, 15) is 5.11 Å². The van der Waals surface area contributed by atoms with Gasteiger partial charge in [0.25, 0.3) is 0 Å². The molecule has 9 rings (SSSR count). The summed E-state index contributed by atoms with van der Waals surface area (Å²) >= 11 is 0. The van der Waals surface area contributed by atoms with Crippen LogP contribution in [0, 0.1) is 5.41 Å². The first-order chi connectivity index (χ1) is 25.4. The summed E-state index contributed by atoms with van der Waals surface area (Å²) in [5.41, 5.74) is 12.0. The summed E-state index contributed by atoms with van der Waals surface area (Å²) in [6.07, 6.45) is 9.13. The van der Waals surface area contributed by atoms with E-state index in [4.69, 9.17) is 9.97 Å². The topological polar surface area (TPSA) is 50.4 Å². The molecule has 1 aliphatic carbocycles. The molecule has 0 radical (unpaired) electrons. The molecular formula is C49H51N3O. The zero-order valence-electron chi connectivity index (χ0n) is 32.5. The normalized spacial score (nSPS) is 15.5. The lowest BCUT2D eigenvalue weighted by Gasteiger charge is -2.35. The molecule has 1 N–H and O–H groups in total. The van der Waals surface area contributed by atoms with Crippen molar-refractivity contribution in [1.82, 2.24) is 14.4 Å². The van der Waals surface area contributed by atoms with E-state index in [0.29, 0.717) is 34.7 Å². The molecule has 0 unspecified atom stereocenters. The summed E-state index contributed by atoms with van der Waals surface area (Å²) in [6.45, 7) is 18.6. The van der Waals surface area contributed by atoms with E-state index in [1.807, 2.05) is 18.2 Å². The lowest BCUT2D eigenvalue weighted by molar-refractivity contribution is 0.225. The molecule has 1 saturated carbocycles. The van der Waals surface area contributed by atoms with Gasteiger partial charge in [-0.15, -0.1) is 0 Å². The summed E-state index contributed by atoms with van der Waals surface area (Å²) in [5, 5.41) is 19.2. The van der Waals surface area contributed by atoms with Gasteiger partial charge in [0.2, 0.25) is 0 Å². The number of nitrogens with zero attached hydrogens (tertiary/aromatic N) is 3. The van der Waals surface area contributed by atoms with Crippen LogP contribution in [0.5, 0.6) is 5.75 Å². The summed E-state index contributed by atoms with van der Waals surface area (Å²) in [7, 11) is 0. The number of aromatic nitrogens is 3. The molecule has 0 bridgehead atoms. The average Bonchev–Trinajstić information content (AvgIpc) is 3.42. The van der Waals surface area contributed by atoms with Crippen molar-refractivity contribution in [2.24, 2.45) is 5.41 Å². The van der Waals surface area contributed by atoms with Gasteiger partial charge in [-0.25, -0.2) is 4.98 Å². The van der Waals surface area contributed by atoms with Crippen LogP contribution in [0.4, 0.5) is 0 Å². The Balaban J connectivity index is 1.29. The molecule has 3 aromatic heterocycles. The highest BCUT2D eigenvalue weighted by Crippen LogP contribution is 2.47.